The lowest BCUT2D eigenvalue weighted by molar-refractivity contribution is -0.742. The van der Waals surface area contributed by atoms with Crippen molar-refractivity contribution < 1.29 is 10.3 Å². The van der Waals surface area contributed by atoms with Crippen LogP contribution in [-0.4, -0.2) is 16.3 Å². The maximum Gasteiger partial charge on any atom is 0.291 e. The topological polar surface area (TPSA) is 140 Å². The minimum Gasteiger partial charge on any atom is -0.369 e. The molecule has 0 aliphatic heterocycles. The lowest BCUT2D eigenvalue weighted by Crippen LogP contribution is -2.36. The third-order valence-corrected chi connectivity index (χ3v) is 2.04. The summed E-state index contributed by atoms with van der Waals surface area (Å²) in [5.41, 5.74) is 8.12. The summed E-state index contributed by atoms with van der Waals surface area (Å²) >= 11 is 11.4. The van der Waals surface area contributed by atoms with Gasteiger partial charge in [0.1, 0.15) is 0 Å². The molecule has 6 N–H and O–H groups in total. The van der Waals surface area contributed by atoms with Gasteiger partial charge >= 0.3 is 0 Å². The number of hydrogen-bond acceptors (Lipinski definition) is 4. The third kappa shape index (κ3) is 7.17. The molecule has 17 heavy (non-hydrogen) atoms. The Balaban J connectivity index is 0.000000557. The monoisotopic (exact) mass is 281 g/mol. The van der Waals surface area contributed by atoms with E-state index in [9.17, 15) is 0 Å². The van der Waals surface area contributed by atoms with Gasteiger partial charge in [0.2, 0.25) is 5.96 Å². The summed E-state index contributed by atoms with van der Waals surface area (Å²) in [6, 6.07) is 4.90. The summed E-state index contributed by atoms with van der Waals surface area (Å²) < 4.78 is 0. The molecule has 0 bridgehead atoms. The molecule has 1 rings (SSSR count). The number of guanidine groups is 1. The van der Waals surface area contributed by atoms with Gasteiger partial charge < -0.3 is 10.9 Å². The van der Waals surface area contributed by atoms with E-state index in [1.165, 1.54) is 0 Å². The van der Waals surface area contributed by atoms with Crippen molar-refractivity contribution in [2.24, 2.45) is 16.6 Å². The quantitative estimate of drug-likeness (QED) is 0.199. The highest BCUT2D eigenvalue weighted by molar-refractivity contribution is 6.42. The molecule has 0 saturated carbocycles. The van der Waals surface area contributed by atoms with Crippen LogP contribution in [0, 0.1) is 10.1 Å². The van der Waals surface area contributed by atoms with Gasteiger partial charge in [-0.15, -0.1) is 10.1 Å². The van der Waals surface area contributed by atoms with Gasteiger partial charge in [-0.3, -0.25) is 5.43 Å². The van der Waals surface area contributed by atoms with Gasteiger partial charge in [0, 0.05) is 0 Å². The maximum atomic E-state index is 8.36. The SMILES string of the molecule is NNC(N)=Nc1ccc(Cl)c(Cl)c1.O=[N+]([O-])O. The van der Waals surface area contributed by atoms with E-state index < -0.39 is 5.09 Å². The van der Waals surface area contributed by atoms with E-state index in [1.54, 1.807) is 18.2 Å². The number of nitrogens with two attached hydrogens (primary N) is 2. The van der Waals surface area contributed by atoms with Crippen LogP contribution < -0.4 is 17.0 Å². The highest BCUT2D eigenvalue weighted by Gasteiger charge is 1.98. The number of hydrogen-bond donors (Lipinski definition) is 4. The first-order valence-electron chi connectivity index (χ1n) is 3.96. The second kappa shape index (κ2) is 7.49. The van der Waals surface area contributed by atoms with E-state index in [0.29, 0.717) is 15.7 Å². The first kappa shape index (κ1) is 15.2. The molecule has 1 aromatic rings. The standard InChI is InChI=1S/C7H8Cl2N4.HNO3/c8-5-2-1-4(3-6(5)9)12-7(10)13-11;2-1(3)4/h1-3H,11H2,(H3,10,12,13);(H,2,3,4). The molecule has 0 heterocycles. The van der Waals surface area contributed by atoms with Crippen molar-refractivity contribution in [3.63, 3.8) is 0 Å². The molecular weight excluding hydrogens is 273 g/mol. The second-order valence-corrected chi connectivity index (χ2v) is 3.29. The highest BCUT2D eigenvalue weighted by atomic mass is 35.5. The Morgan fingerprint density at radius 1 is 1.47 bits per heavy atom. The molecule has 0 amide bonds. The van der Waals surface area contributed by atoms with Crippen LogP contribution in [0.15, 0.2) is 23.2 Å². The zero-order valence-electron chi connectivity index (χ0n) is 8.30. The van der Waals surface area contributed by atoms with Crippen LogP contribution in [0.5, 0.6) is 0 Å². The van der Waals surface area contributed by atoms with Crippen molar-refractivity contribution in [3.05, 3.63) is 38.4 Å². The predicted molar refractivity (Wildman–Crippen MR) is 63.8 cm³/mol. The molecule has 0 atom stereocenters. The van der Waals surface area contributed by atoms with E-state index >= 15 is 0 Å². The van der Waals surface area contributed by atoms with Crippen LogP contribution in [-0.2, 0) is 0 Å². The fourth-order valence-electron chi connectivity index (χ4n) is 0.726. The van der Waals surface area contributed by atoms with Crippen molar-refractivity contribution in [1.29, 1.82) is 0 Å². The van der Waals surface area contributed by atoms with Gasteiger partial charge in [0.05, 0.1) is 15.7 Å². The molecule has 0 aliphatic carbocycles. The molecule has 0 unspecified atom stereocenters. The van der Waals surface area contributed by atoms with Crippen LogP contribution in [0.1, 0.15) is 0 Å². The summed E-state index contributed by atoms with van der Waals surface area (Å²) in [7, 11) is 0. The summed E-state index contributed by atoms with van der Waals surface area (Å²) in [5.74, 6) is 5.13. The third-order valence-electron chi connectivity index (χ3n) is 1.30. The van der Waals surface area contributed by atoms with E-state index in [1.807, 2.05) is 0 Å². The Hall–Kier alpha value is -1.77. The summed E-state index contributed by atoms with van der Waals surface area (Å²) in [6.07, 6.45) is 0. The largest absolute Gasteiger partial charge is 0.369 e. The number of aliphatic imine (C=N–C) groups is 1. The first-order valence-corrected chi connectivity index (χ1v) is 4.71. The normalized spacial score (nSPS) is 10.2. The Kier molecular flexibility index (Phi) is 6.71. The number of hydrazine groups is 1. The van der Waals surface area contributed by atoms with Crippen LogP contribution in [0.25, 0.3) is 0 Å². The minimum absolute atomic E-state index is 0.110. The molecule has 0 saturated heterocycles. The van der Waals surface area contributed by atoms with E-state index in [0.717, 1.165) is 0 Å². The van der Waals surface area contributed by atoms with E-state index in [2.05, 4.69) is 10.4 Å². The fourth-order valence-corrected chi connectivity index (χ4v) is 1.02. The van der Waals surface area contributed by atoms with Gasteiger partial charge in [-0.25, -0.2) is 10.8 Å². The van der Waals surface area contributed by atoms with E-state index in [4.69, 9.17) is 50.1 Å². The Labute approximate surface area is 106 Å². The summed E-state index contributed by atoms with van der Waals surface area (Å²) in [4.78, 5) is 12.3. The molecule has 0 fully saturated rings. The fraction of sp³-hybridized carbons (Fsp3) is 0. The van der Waals surface area contributed by atoms with Gasteiger partial charge in [-0.1, -0.05) is 23.2 Å². The molecule has 8 nitrogen and oxygen atoms in total. The Morgan fingerprint density at radius 2 is 2.00 bits per heavy atom. The molecule has 94 valence electrons. The van der Waals surface area contributed by atoms with Gasteiger partial charge in [0.15, 0.2) is 0 Å². The number of benzene rings is 1. The molecule has 1 aromatic carbocycles. The van der Waals surface area contributed by atoms with Crippen molar-refractivity contribution >= 4 is 34.8 Å². The lowest BCUT2D eigenvalue weighted by atomic mass is 10.3. The second-order valence-electron chi connectivity index (χ2n) is 2.48. The minimum atomic E-state index is -1.50. The number of nitrogens with one attached hydrogen (secondary N) is 1. The van der Waals surface area contributed by atoms with Crippen LogP contribution >= 0.6 is 23.2 Å². The average Bonchev–Trinajstić information content (AvgIpc) is 2.22. The molecule has 0 aromatic heterocycles. The zero-order valence-corrected chi connectivity index (χ0v) is 9.81. The molecule has 0 spiro atoms. The molecular formula is C7H9Cl2N5O3. The summed E-state index contributed by atoms with van der Waals surface area (Å²) in [5, 5.41) is 14.5. The lowest BCUT2D eigenvalue weighted by Gasteiger charge is -1.99. The smallest absolute Gasteiger partial charge is 0.291 e. The van der Waals surface area contributed by atoms with Gasteiger partial charge in [0.25, 0.3) is 5.09 Å². The number of halogens is 2. The Bertz CT molecular complexity index is 422. The number of nitrogens with zero attached hydrogens (tertiary/aromatic N) is 2. The average molecular weight is 282 g/mol. The predicted octanol–water partition coefficient (Wildman–Crippen LogP) is 1.06. The van der Waals surface area contributed by atoms with Gasteiger partial charge in [-0.05, 0) is 18.2 Å². The van der Waals surface area contributed by atoms with Crippen molar-refractivity contribution in [1.82, 2.24) is 5.43 Å². The highest BCUT2D eigenvalue weighted by Crippen LogP contribution is 2.26. The van der Waals surface area contributed by atoms with Crippen LogP contribution in [0.3, 0.4) is 0 Å². The van der Waals surface area contributed by atoms with Gasteiger partial charge in [-0.2, -0.15) is 0 Å². The van der Waals surface area contributed by atoms with Crippen molar-refractivity contribution in [3.8, 4) is 0 Å². The molecule has 0 radical (unpaired) electrons. The summed E-state index contributed by atoms with van der Waals surface area (Å²) in [6.45, 7) is 0. The molecule has 0 aliphatic rings. The van der Waals surface area contributed by atoms with Crippen LogP contribution in [0.4, 0.5) is 5.69 Å². The first-order chi connectivity index (χ1) is 7.86. The van der Waals surface area contributed by atoms with E-state index in [-0.39, 0.29) is 5.96 Å². The van der Waals surface area contributed by atoms with Crippen LogP contribution in [0.2, 0.25) is 10.0 Å². The Morgan fingerprint density at radius 3 is 2.41 bits per heavy atom. The number of rotatable bonds is 1. The van der Waals surface area contributed by atoms with Crippen molar-refractivity contribution in [2.75, 3.05) is 0 Å². The zero-order chi connectivity index (χ0) is 13.4. The van der Waals surface area contributed by atoms with Crippen molar-refractivity contribution in [2.45, 2.75) is 0 Å². The maximum absolute atomic E-state index is 8.36. The molecule has 10 heteroatoms.